The van der Waals surface area contributed by atoms with Crippen molar-refractivity contribution in [3.8, 4) is 78.9 Å². The van der Waals surface area contributed by atoms with Gasteiger partial charge in [0, 0.05) is 49.1 Å². The Labute approximate surface area is 431 Å². The number of rotatable bonds is 8. The van der Waals surface area contributed by atoms with E-state index in [2.05, 4.69) is 240 Å². The van der Waals surface area contributed by atoms with Crippen LogP contribution >= 0.6 is 0 Å². The van der Waals surface area contributed by atoms with Crippen LogP contribution in [-0.2, 0) is 0 Å². The number of hydrogen-bond acceptors (Lipinski definition) is 4. The van der Waals surface area contributed by atoms with Crippen molar-refractivity contribution in [2.24, 2.45) is 0 Å². The Bertz CT molecular complexity index is 4690. The minimum Gasteiger partial charge on any atom is -0.455 e. The van der Waals surface area contributed by atoms with Crippen LogP contribution in [0.15, 0.2) is 265 Å². The maximum Gasteiger partial charge on any atom is 0.167 e. The fraction of sp³-hybridized carbons (Fsp3) is 0. The summed E-state index contributed by atoms with van der Waals surface area (Å²) in [5, 5.41) is 6.79. The lowest BCUT2D eigenvalue weighted by Crippen LogP contribution is -2.03. The first kappa shape index (κ1) is 42.5. The van der Waals surface area contributed by atoms with Crippen molar-refractivity contribution in [1.29, 1.82) is 0 Å². The molecule has 0 N–H and O–H groups in total. The Morgan fingerprint density at radius 1 is 0.280 bits per heavy atom. The molecule has 6 heteroatoms. The molecule has 0 saturated carbocycles. The Morgan fingerprint density at radius 2 is 0.760 bits per heavy atom. The topological polar surface area (TPSA) is 61.7 Å². The molecule has 0 aliphatic rings. The number of nitrogens with zero attached hydrogens (tertiary/aromatic N) is 5. The van der Waals surface area contributed by atoms with Gasteiger partial charge in [0.25, 0.3) is 0 Å². The van der Waals surface area contributed by atoms with E-state index >= 15 is 0 Å². The Morgan fingerprint density at radius 3 is 1.51 bits per heavy atom. The van der Waals surface area contributed by atoms with Crippen molar-refractivity contribution in [2.75, 3.05) is 0 Å². The summed E-state index contributed by atoms with van der Waals surface area (Å²) in [6.07, 6.45) is 0. The normalized spacial score (nSPS) is 11.7. The zero-order valence-electron chi connectivity index (χ0n) is 40.5. The number of benzene rings is 11. The van der Waals surface area contributed by atoms with Crippen molar-refractivity contribution in [2.45, 2.75) is 0 Å². The molecule has 0 bridgehead atoms. The van der Waals surface area contributed by atoms with Crippen molar-refractivity contribution < 1.29 is 4.42 Å². The van der Waals surface area contributed by atoms with E-state index in [0.29, 0.717) is 17.5 Å². The van der Waals surface area contributed by atoms with Gasteiger partial charge in [-0.3, -0.25) is 0 Å². The van der Waals surface area contributed by atoms with Gasteiger partial charge in [-0.25, -0.2) is 15.0 Å². The Balaban J connectivity index is 0.949. The smallest absolute Gasteiger partial charge is 0.167 e. The van der Waals surface area contributed by atoms with Gasteiger partial charge in [-0.05, 0) is 94.0 Å². The lowest BCUT2D eigenvalue weighted by atomic mass is 9.95. The molecule has 15 aromatic rings. The summed E-state index contributed by atoms with van der Waals surface area (Å²) < 4.78 is 11.4. The molecule has 11 aromatic carbocycles. The molecule has 0 radical (unpaired) electrons. The van der Waals surface area contributed by atoms with E-state index in [9.17, 15) is 0 Å². The van der Waals surface area contributed by atoms with Gasteiger partial charge in [0.2, 0.25) is 0 Å². The molecule has 4 heterocycles. The van der Waals surface area contributed by atoms with Crippen LogP contribution in [0.2, 0.25) is 0 Å². The highest BCUT2D eigenvalue weighted by Gasteiger charge is 2.24. The SMILES string of the molecule is c1ccc(-c2ccc(-c3nc(-c4ccccc4-n4c5ccccc5c5c(-c6cccc7c6c6ccc(-c8ccccc8)cc6n7-c6ccccc6)cccc54)nc(-c4cccc5c4oc4ccccc45)n3)cc2)cc1. The van der Waals surface area contributed by atoms with Crippen LogP contribution in [-0.4, -0.2) is 24.1 Å². The molecule has 75 heavy (non-hydrogen) atoms. The fourth-order valence-electron chi connectivity index (χ4n) is 11.4. The van der Waals surface area contributed by atoms with Gasteiger partial charge in [0.05, 0.1) is 33.3 Å². The molecular weight excluding hydrogens is 915 g/mol. The summed E-state index contributed by atoms with van der Waals surface area (Å²) in [5.41, 5.74) is 17.6. The Kier molecular flexibility index (Phi) is 9.78. The largest absolute Gasteiger partial charge is 0.455 e. The maximum absolute atomic E-state index is 6.61. The number of para-hydroxylation sites is 5. The summed E-state index contributed by atoms with van der Waals surface area (Å²) in [5.74, 6) is 1.66. The monoisotopic (exact) mass is 957 g/mol. The summed E-state index contributed by atoms with van der Waals surface area (Å²) in [7, 11) is 0. The fourth-order valence-corrected chi connectivity index (χ4v) is 11.4. The van der Waals surface area contributed by atoms with Crippen LogP contribution in [0.1, 0.15) is 0 Å². The van der Waals surface area contributed by atoms with Gasteiger partial charge >= 0.3 is 0 Å². The van der Waals surface area contributed by atoms with E-state index in [1.165, 1.54) is 32.8 Å². The van der Waals surface area contributed by atoms with Gasteiger partial charge in [0.1, 0.15) is 11.2 Å². The lowest BCUT2D eigenvalue weighted by Gasteiger charge is -2.15. The van der Waals surface area contributed by atoms with E-state index in [4.69, 9.17) is 19.4 Å². The predicted molar refractivity (Wildman–Crippen MR) is 308 cm³/mol. The minimum atomic E-state index is 0.532. The highest BCUT2D eigenvalue weighted by molar-refractivity contribution is 6.22. The summed E-state index contributed by atoms with van der Waals surface area (Å²) in [4.78, 5) is 16.0. The maximum atomic E-state index is 6.61. The van der Waals surface area contributed by atoms with Crippen LogP contribution < -0.4 is 0 Å². The van der Waals surface area contributed by atoms with E-state index in [0.717, 1.165) is 94.1 Å². The molecule has 4 aromatic heterocycles. The molecule has 0 spiro atoms. The van der Waals surface area contributed by atoms with Crippen LogP contribution in [0, 0.1) is 0 Å². The van der Waals surface area contributed by atoms with Crippen LogP contribution in [0.25, 0.3) is 144 Å². The molecule has 0 unspecified atom stereocenters. The van der Waals surface area contributed by atoms with E-state index < -0.39 is 0 Å². The van der Waals surface area contributed by atoms with Crippen molar-refractivity contribution in [1.82, 2.24) is 24.1 Å². The quantitative estimate of drug-likeness (QED) is 0.152. The number of furan rings is 1. The van der Waals surface area contributed by atoms with Crippen molar-refractivity contribution in [3.63, 3.8) is 0 Å². The highest BCUT2D eigenvalue weighted by atomic mass is 16.3. The molecule has 0 atom stereocenters. The predicted octanol–water partition coefficient (Wildman–Crippen LogP) is 18.0. The van der Waals surface area contributed by atoms with Gasteiger partial charge in [-0.2, -0.15) is 0 Å². The zero-order chi connectivity index (χ0) is 49.4. The summed E-state index contributed by atoms with van der Waals surface area (Å²) >= 11 is 0. The van der Waals surface area contributed by atoms with Crippen LogP contribution in [0.5, 0.6) is 0 Å². The van der Waals surface area contributed by atoms with Crippen LogP contribution in [0.4, 0.5) is 0 Å². The first-order valence-corrected chi connectivity index (χ1v) is 25.3. The molecular formula is C69H43N5O. The van der Waals surface area contributed by atoms with Gasteiger partial charge in [-0.1, -0.05) is 200 Å². The molecule has 0 amide bonds. The average Bonchev–Trinajstić information content (AvgIpc) is 4.16. The molecule has 0 aliphatic carbocycles. The number of hydrogen-bond donors (Lipinski definition) is 0. The van der Waals surface area contributed by atoms with Gasteiger partial charge < -0.3 is 13.6 Å². The molecule has 15 rings (SSSR count). The lowest BCUT2D eigenvalue weighted by molar-refractivity contribution is 0.669. The van der Waals surface area contributed by atoms with Crippen LogP contribution in [0.3, 0.4) is 0 Å². The molecule has 350 valence electrons. The van der Waals surface area contributed by atoms with Gasteiger partial charge in [0.15, 0.2) is 17.5 Å². The minimum absolute atomic E-state index is 0.532. The summed E-state index contributed by atoms with van der Waals surface area (Å²) in [6, 6.07) is 92.3. The second-order valence-corrected chi connectivity index (χ2v) is 19.1. The second kappa shape index (κ2) is 17.3. The van der Waals surface area contributed by atoms with E-state index in [-0.39, 0.29) is 0 Å². The second-order valence-electron chi connectivity index (χ2n) is 19.1. The number of fused-ring (bicyclic) bond motifs is 9. The molecule has 0 saturated heterocycles. The molecule has 0 fully saturated rings. The van der Waals surface area contributed by atoms with Crippen molar-refractivity contribution in [3.05, 3.63) is 261 Å². The average molecular weight is 958 g/mol. The first-order valence-electron chi connectivity index (χ1n) is 25.3. The third-order valence-electron chi connectivity index (χ3n) is 14.8. The zero-order valence-corrected chi connectivity index (χ0v) is 40.5. The molecule has 0 aliphatic heterocycles. The third-order valence-corrected chi connectivity index (χ3v) is 14.8. The number of aromatic nitrogens is 5. The third kappa shape index (κ3) is 6.92. The Hall–Kier alpha value is -10.2. The van der Waals surface area contributed by atoms with E-state index in [1.54, 1.807) is 0 Å². The highest BCUT2D eigenvalue weighted by Crippen LogP contribution is 2.46. The van der Waals surface area contributed by atoms with Crippen molar-refractivity contribution >= 4 is 65.6 Å². The summed E-state index contributed by atoms with van der Waals surface area (Å²) in [6.45, 7) is 0. The standard InChI is InChI=1S/C69H43N5O/c1-4-19-44(20-5-1)46-37-39-47(40-38-46)67-70-68(72-69(71-67)57-31-16-30-53-50-25-12-15-36-63(50)75-66(53)57)56-27-11-14-33-59(56)74-58-32-13-10-26-54(58)64-51(29-18-35-61(64)74)52-28-17-34-60-65(52)55-42-41-48(45-21-6-2-7-22-45)43-62(55)73(60)49-23-8-3-9-24-49/h1-43H. The first-order chi connectivity index (χ1) is 37.2. The van der Waals surface area contributed by atoms with E-state index in [1.807, 2.05) is 30.3 Å². The molecule has 6 nitrogen and oxygen atoms in total. The van der Waals surface area contributed by atoms with Gasteiger partial charge in [-0.15, -0.1) is 0 Å².